The van der Waals surface area contributed by atoms with Crippen molar-refractivity contribution >= 4 is 22.8 Å². The van der Waals surface area contributed by atoms with E-state index in [0.29, 0.717) is 59.0 Å². The van der Waals surface area contributed by atoms with Gasteiger partial charge in [-0.2, -0.15) is 13.2 Å². The second kappa shape index (κ2) is 7.72. The molecule has 0 spiro atoms. The number of fused-ring (bicyclic) bond motifs is 2. The van der Waals surface area contributed by atoms with E-state index in [-0.39, 0.29) is 23.5 Å². The molecule has 1 fully saturated rings. The molecule has 1 amide bonds. The Balaban J connectivity index is 1.25. The van der Waals surface area contributed by atoms with Gasteiger partial charge in [-0.3, -0.25) is 4.79 Å². The van der Waals surface area contributed by atoms with Gasteiger partial charge in [-0.05, 0) is 61.2 Å². The average molecular weight is 480 g/mol. The summed E-state index contributed by atoms with van der Waals surface area (Å²) < 4.78 is 45.2. The zero-order chi connectivity index (χ0) is 24.3. The first-order valence-corrected chi connectivity index (χ1v) is 11.1. The van der Waals surface area contributed by atoms with Gasteiger partial charge in [0, 0.05) is 29.7 Å². The quantitative estimate of drug-likeness (QED) is 0.352. The van der Waals surface area contributed by atoms with Crippen LogP contribution in [0.5, 0.6) is 17.2 Å². The van der Waals surface area contributed by atoms with Crippen molar-refractivity contribution in [2.24, 2.45) is 0 Å². The molecule has 3 heterocycles. The van der Waals surface area contributed by atoms with Crippen LogP contribution in [-0.2, 0) is 17.4 Å². The molecule has 2 atom stereocenters. The second-order valence-electron chi connectivity index (χ2n) is 8.81. The normalized spacial score (nSPS) is 19.3. The van der Waals surface area contributed by atoms with Crippen LogP contribution in [0.1, 0.15) is 47.2 Å². The minimum absolute atomic E-state index is 0.0492. The van der Waals surface area contributed by atoms with Crippen LogP contribution in [0.3, 0.4) is 0 Å². The lowest BCUT2D eigenvalue weighted by Gasteiger charge is -2.19. The van der Waals surface area contributed by atoms with Gasteiger partial charge >= 0.3 is 6.18 Å². The van der Waals surface area contributed by atoms with Crippen molar-refractivity contribution in [1.82, 2.24) is 15.0 Å². The molecular weight excluding hydrogens is 461 g/mol. The lowest BCUT2D eigenvalue weighted by atomic mass is 10.1. The number of carbonyl (C=O) groups is 1. The highest BCUT2D eigenvalue weighted by molar-refractivity contribution is 5.93. The molecule has 6 rings (SSSR count). The summed E-state index contributed by atoms with van der Waals surface area (Å²) in [6.07, 6.45) is -1.30. The SMILES string of the molecule is O=C1CCc2c(Oc3ccc(O)c([C@H]4C[C@@H]4c4nc5ccc(C(F)(F)F)cc5[nH]4)c3)ccnc2N1. The number of imidazole rings is 1. The summed E-state index contributed by atoms with van der Waals surface area (Å²) in [5.41, 5.74) is 1.56. The van der Waals surface area contributed by atoms with Crippen LogP contribution in [-0.4, -0.2) is 26.0 Å². The molecule has 178 valence electrons. The summed E-state index contributed by atoms with van der Waals surface area (Å²) in [5.74, 6) is 2.10. The number of hydrogen-bond donors (Lipinski definition) is 3. The molecule has 10 heteroatoms. The molecule has 0 radical (unpaired) electrons. The number of nitrogens with one attached hydrogen (secondary N) is 2. The number of hydrogen-bond acceptors (Lipinski definition) is 5. The van der Waals surface area contributed by atoms with Crippen molar-refractivity contribution in [1.29, 1.82) is 0 Å². The number of alkyl halides is 3. The summed E-state index contributed by atoms with van der Waals surface area (Å²) >= 11 is 0. The van der Waals surface area contributed by atoms with E-state index in [1.54, 1.807) is 30.5 Å². The molecule has 2 aliphatic rings. The van der Waals surface area contributed by atoms with Gasteiger partial charge in [0.25, 0.3) is 0 Å². The number of amides is 1. The maximum atomic E-state index is 13.0. The lowest BCUT2D eigenvalue weighted by Crippen LogP contribution is -2.20. The monoisotopic (exact) mass is 480 g/mol. The third kappa shape index (κ3) is 3.94. The Morgan fingerprint density at radius 2 is 1.91 bits per heavy atom. The Labute approximate surface area is 197 Å². The first kappa shape index (κ1) is 21.5. The molecule has 1 aliphatic heterocycles. The molecule has 2 aromatic carbocycles. The largest absolute Gasteiger partial charge is 0.508 e. The number of ether oxygens (including phenoxy) is 1. The van der Waals surface area contributed by atoms with Gasteiger partial charge in [0.05, 0.1) is 16.6 Å². The summed E-state index contributed by atoms with van der Waals surface area (Å²) in [5, 5.41) is 13.2. The van der Waals surface area contributed by atoms with Gasteiger partial charge in [0.15, 0.2) is 0 Å². The predicted octanol–water partition coefficient (Wildman–Crippen LogP) is 5.63. The van der Waals surface area contributed by atoms with Gasteiger partial charge in [0.2, 0.25) is 5.91 Å². The Kier molecular flexibility index (Phi) is 4.73. The number of phenolic OH excluding ortho intramolecular Hbond substituents is 1. The Morgan fingerprint density at radius 3 is 2.74 bits per heavy atom. The van der Waals surface area contributed by atoms with Crippen molar-refractivity contribution in [2.45, 2.75) is 37.3 Å². The topological polar surface area (TPSA) is 100 Å². The molecule has 4 aromatic rings. The Morgan fingerprint density at radius 1 is 1.06 bits per heavy atom. The van der Waals surface area contributed by atoms with Crippen LogP contribution in [0.25, 0.3) is 11.0 Å². The smallest absolute Gasteiger partial charge is 0.416 e. The molecule has 1 saturated carbocycles. The minimum Gasteiger partial charge on any atom is -0.508 e. The second-order valence-corrected chi connectivity index (χ2v) is 8.81. The van der Waals surface area contributed by atoms with Crippen molar-refractivity contribution in [3.63, 3.8) is 0 Å². The van der Waals surface area contributed by atoms with Crippen molar-refractivity contribution < 1.29 is 27.8 Å². The molecule has 3 N–H and O–H groups in total. The number of carbonyl (C=O) groups excluding carboxylic acids is 1. The molecule has 2 aromatic heterocycles. The fourth-order valence-corrected chi connectivity index (χ4v) is 4.59. The maximum absolute atomic E-state index is 13.0. The van der Waals surface area contributed by atoms with E-state index in [1.807, 2.05) is 0 Å². The highest BCUT2D eigenvalue weighted by atomic mass is 19.4. The number of pyridine rings is 1. The zero-order valence-electron chi connectivity index (χ0n) is 18.2. The minimum atomic E-state index is -4.42. The van der Waals surface area contributed by atoms with Gasteiger partial charge < -0.3 is 20.1 Å². The third-order valence-corrected chi connectivity index (χ3v) is 6.47. The number of phenols is 1. The van der Waals surface area contributed by atoms with Crippen molar-refractivity contribution in [3.8, 4) is 17.2 Å². The number of rotatable bonds is 4. The fraction of sp³-hybridized carbons (Fsp3) is 0.240. The number of benzene rings is 2. The summed E-state index contributed by atoms with van der Waals surface area (Å²) in [6, 6.07) is 10.2. The van der Waals surface area contributed by atoms with E-state index >= 15 is 0 Å². The first-order valence-electron chi connectivity index (χ1n) is 11.1. The standard InChI is InChI=1S/C25H19F3N4O3/c26-25(27,28)12-1-4-18-19(9-12)31-24(30-18)17-11-15(17)16-10-13(2-5-20(16)33)35-21-7-8-29-23-14(21)3-6-22(34)32-23/h1-2,4-5,7-10,15,17,33H,3,6,11H2,(H,30,31)(H,29,32,34)/t15-,17+/m1/s1. The van der Waals surface area contributed by atoms with Gasteiger partial charge in [-0.15, -0.1) is 0 Å². The molecule has 0 unspecified atom stereocenters. The average Bonchev–Trinajstić information content (AvgIpc) is 3.49. The number of anilines is 1. The van der Waals surface area contributed by atoms with E-state index in [0.717, 1.165) is 17.7 Å². The van der Waals surface area contributed by atoms with Gasteiger partial charge in [-0.1, -0.05) is 0 Å². The highest BCUT2D eigenvalue weighted by Gasteiger charge is 2.43. The number of halogens is 3. The van der Waals surface area contributed by atoms with Crippen LogP contribution in [0, 0.1) is 0 Å². The number of nitrogens with zero attached hydrogens (tertiary/aromatic N) is 2. The zero-order valence-corrected chi connectivity index (χ0v) is 18.2. The maximum Gasteiger partial charge on any atom is 0.416 e. The predicted molar refractivity (Wildman–Crippen MR) is 121 cm³/mol. The molecule has 7 nitrogen and oxygen atoms in total. The van der Waals surface area contributed by atoms with Crippen LogP contribution in [0.15, 0.2) is 48.7 Å². The first-order chi connectivity index (χ1) is 16.8. The van der Waals surface area contributed by atoms with E-state index in [1.165, 1.54) is 6.07 Å². The van der Waals surface area contributed by atoms with Crippen LogP contribution >= 0.6 is 0 Å². The summed E-state index contributed by atoms with van der Waals surface area (Å²) in [7, 11) is 0. The molecule has 0 saturated heterocycles. The van der Waals surface area contributed by atoms with Gasteiger partial charge in [0.1, 0.15) is 28.9 Å². The van der Waals surface area contributed by atoms with Crippen LogP contribution in [0.4, 0.5) is 19.0 Å². The van der Waals surface area contributed by atoms with Crippen molar-refractivity contribution in [3.05, 3.63) is 71.2 Å². The number of H-pyrrole nitrogens is 1. The molecule has 1 aliphatic carbocycles. The van der Waals surface area contributed by atoms with E-state index in [2.05, 4.69) is 20.3 Å². The molecule has 0 bridgehead atoms. The van der Waals surface area contributed by atoms with Crippen LogP contribution in [0.2, 0.25) is 0 Å². The number of aromatic hydroxyl groups is 1. The third-order valence-electron chi connectivity index (χ3n) is 6.47. The van der Waals surface area contributed by atoms with E-state index in [4.69, 9.17) is 4.74 Å². The van der Waals surface area contributed by atoms with Crippen molar-refractivity contribution in [2.75, 3.05) is 5.32 Å². The fourth-order valence-electron chi connectivity index (χ4n) is 4.59. The van der Waals surface area contributed by atoms with E-state index < -0.39 is 11.7 Å². The number of aromatic amines is 1. The Bertz CT molecular complexity index is 1480. The molecular formula is C25H19F3N4O3. The van der Waals surface area contributed by atoms with Crippen LogP contribution < -0.4 is 10.1 Å². The number of aromatic nitrogens is 3. The summed E-state index contributed by atoms with van der Waals surface area (Å²) in [4.78, 5) is 23.3. The summed E-state index contributed by atoms with van der Waals surface area (Å²) in [6.45, 7) is 0. The van der Waals surface area contributed by atoms with Gasteiger partial charge in [-0.25, -0.2) is 9.97 Å². The Hall–Kier alpha value is -4.08. The lowest BCUT2D eigenvalue weighted by molar-refractivity contribution is -0.137. The molecule has 35 heavy (non-hydrogen) atoms. The van der Waals surface area contributed by atoms with E-state index in [9.17, 15) is 23.1 Å². The highest BCUT2D eigenvalue weighted by Crippen LogP contribution is 2.56.